The molecule has 0 aliphatic rings. The van der Waals surface area contributed by atoms with Crippen molar-refractivity contribution in [3.05, 3.63) is 29.8 Å². The highest BCUT2D eigenvalue weighted by Gasteiger charge is 1.81. The predicted molar refractivity (Wildman–Crippen MR) is 50.7 cm³/mol. The normalized spacial score (nSPS) is 7.83. The number of carbonyl (C=O) groups excluding carboxylic acids is 1. The quantitative estimate of drug-likeness (QED) is 0.482. The van der Waals surface area contributed by atoms with Crippen LogP contribution < -0.4 is 11.1 Å². The molecule has 0 fully saturated rings. The van der Waals surface area contributed by atoms with Gasteiger partial charge in [0.1, 0.15) is 0 Å². The van der Waals surface area contributed by atoms with Crippen molar-refractivity contribution in [2.75, 3.05) is 12.8 Å². The van der Waals surface area contributed by atoms with Crippen molar-refractivity contribution in [1.82, 2.24) is 5.32 Å². The van der Waals surface area contributed by atoms with Crippen LogP contribution in [0.1, 0.15) is 5.56 Å². The molecule has 0 heterocycles. The van der Waals surface area contributed by atoms with Crippen LogP contribution in [0.25, 0.3) is 0 Å². The summed E-state index contributed by atoms with van der Waals surface area (Å²) in [6, 6.07) is 7.80. The lowest BCUT2D eigenvalue weighted by Gasteiger charge is -1.91. The Kier molecular flexibility index (Phi) is 5.43. The van der Waals surface area contributed by atoms with E-state index in [0.717, 1.165) is 5.69 Å². The lowest BCUT2D eigenvalue weighted by Crippen LogP contribution is -1.98. The maximum absolute atomic E-state index is 9.06. The fourth-order valence-corrected chi connectivity index (χ4v) is 0.670. The van der Waals surface area contributed by atoms with E-state index in [0.29, 0.717) is 6.41 Å². The zero-order chi connectivity index (χ0) is 9.40. The molecule has 0 bridgehead atoms. The maximum atomic E-state index is 9.06. The van der Waals surface area contributed by atoms with Crippen LogP contribution in [0, 0.1) is 6.92 Å². The number of nitrogens with two attached hydrogens (primary N) is 1. The highest BCUT2D eigenvalue weighted by molar-refractivity contribution is 5.44. The standard InChI is InChI=1S/C7H9N.C2H5NO/c1-6-3-2-4-7(8)5-6;1-3-2-4/h2-5H,8H2,1H3;2H,1H3,(H,3,4). The van der Waals surface area contributed by atoms with E-state index in [2.05, 4.69) is 5.32 Å². The molecule has 1 rings (SSSR count). The minimum atomic E-state index is 0.625. The third kappa shape index (κ3) is 5.29. The molecule has 12 heavy (non-hydrogen) atoms. The Morgan fingerprint density at radius 2 is 2.08 bits per heavy atom. The Balaban J connectivity index is 0.000000261. The fraction of sp³-hybridized carbons (Fsp3) is 0.222. The van der Waals surface area contributed by atoms with Crippen molar-refractivity contribution >= 4 is 12.1 Å². The summed E-state index contributed by atoms with van der Waals surface area (Å²) in [5, 5.41) is 2.25. The predicted octanol–water partition coefficient (Wildman–Crippen LogP) is 0.939. The molecule has 0 aliphatic heterocycles. The van der Waals surface area contributed by atoms with Crippen LogP contribution in [0.4, 0.5) is 5.69 Å². The summed E-state index contributed by atoms with van der Waals surface area (Å²) in [6.07, 6.45) is 0.625. The van der Waals surface area contributed by atoms with Crippen LogP contribution in [0.2, 0.25) is 0 Å². The molecule has 0 aliphatic carbocycles. The first-order valence-corrected chi connectivity index (χ1v) is 3.63. The van der Waals surface area contributed by atoms with Crippen molar-refractivity contribution in [3.63, 3.8) is 0 Å². The van der Waals surface area contributed by atoms with E-state index in [1.165, 1.54) is 5.56 Å². The Labute approximate surface area is 72.6 Å². The summed E-state index contributed by atoms with van der Waals surface area (Å²) >= 11 is 0. The molecule has 1 amide bonds. The van der Waals surface area contributed by atoms with Crippen LogP contribution in [0.3, 0.4) is 0 Å². The number of aryl methyl sites for hydroxylation is 1. The number of carbonyl (C=O) groups is 1. The molecule has 0 radical (unpaired) electrons. The summed E-state index contributed by atoms with van der Waals surface area (Å²) in [5.74, 6) is 0. The van der Waals surface area contributed by atoms with Gasteiger partial charge in [-0.3, -0.25) is 4.79 Å². The number of benzene rings is 1. The van der Waals surface area contributed by atoms with Gasteiger partial charge in [0.15, 0.2) is 0 Å². The van der Waals surface area contributed by atoms with Gasteiger partial charge >= 0.3 is 0 Å². The molecule has 0 aromatic heterocycles. The summed E-state index contributed by atoms with van der Waals surface area (Å²) in [6.45, 7) is 2.02. The zero-order valence-electron chi connectivity index (χ0n) is 7.37. The molecule has 0 unspecified atom stereocenters. The molecule has 0 saturated carbocycles. The van der Waals surface area contributed by atoms with Crippen molar-refractivity contribution in [2.45, 2.75) is 6.92 Å². The molecular weight excluding hydrogens is 152 g/mol. The van der Waals surface area contributed by atoms with Crippen molar-refractivity contribution < 1.29 is 4.79 Å². The molecule has 1 aromatic rings. The van der Waals surface area contributed by atoms with Gasteiger partial charge in [0.2, 0.25) is 6.41 Å². The van der Waals surface area contributed by atoms with Gasteiger partial charge in [-0.05, 0) is 24.6 Å². The Hall–Kier alpha value is -1.51. The van der Waals surface area contributed by atoms with E-state index in [-0.39, 0.29) is 0 Å². The van der Waals surface area contributed by atoms with Gasteiger partial charge in [-0.15, -0.1) is 0 Å². The molecule has 3 N–H and O–H groups in total. The Bertz CT molecular complexity index is 218. The number of amides is 1. The maximum Gasteiger partial charge on any atom is 0.206 e. The number of hydrogen-bond acceptors (Lipinski definition) is 2. The average Bonchev–Trinajstić information content (AvgIpc) is 2.04. The second kappa shape index (κ2) is 6.22. The number of nitrogens with one attached hydrogen (secondary N) is 1. The van der Waals surface area contributed by atoms with Gasteiger partial charge < -0.3 is 11.1 Å². The molecule has 0 saturated heterocycles. The van der Waals surface area contributed by atoms with Gasteiger partial charge in [0.05, 0.1) is 0 Å². The monoisotopic (exact) mass is 166 g/mol. The summed E-state index contributed by atoms with van der Waals surface area (Å²) in [7, 11) is 1.56. The largest absolute Gasteiger partial charge is 0.399 e. The highest BCUT2D eigenvalue weighted by Crippen LogP contribution is 2.03. The second-order valence-corrected chi connectivity index (χ2v) is 2.32. The zero-order valence-corrected chi connectivity index (χ0v) is 7.37. The van der Waals surface area contributed by atoms with Gasteiger partial charge in [-0.2, -0.15) is 0 Å². The number of nitrogen functional groups attached to an aromatic ring is 1. The van der Waals surface area contributed by atoms with Crippen molar-refractivity contribution in [2.24, 2.45) is 0 Å². The van der Waals surface area contributed by atoms with Crippen LogP contribution in [0.15, 0.2) is 24.3 Å². The highest BCUT2D eigenvalue weighted by atomic mass is 16.1. The number of hydrogen-bond donors (Lipinski definition) is 2. The van der Waals surface area contributed by atoms with E-state index < -0.39 is 0 Å². The lowest BCUT2D eigenvalue weighted by molar-refractivity contribution is -0.109. The second-order valence-electron chi connectivity index (χ2n) is 2.32. The number of anilines is 1. The van der Waals surface area contributed by atoms with E-state index in [4.69, 9.17) is 10.5 Å². The van der Waals surface area contributed by atoms with Gasteiger partial charge in [-0.1, -0.05) is 12.1 Å². The molecule has 3 heteroatoms. The summed E-state index contributed by atoms with van der Waals surface area (Å²) in [4.78, 5) is 9.06. The van der Waals surface area contributed by atoms with Crippen molar-refractivity contribution in [3.8, 4) is 0 Å². The third-order valence-corrected chi connectivity index (χ3v) is 1.16. The SMILES string of the molecule is CNC=O.Cc1cccc(N)c1. The Morgan fingerprint density at radius 1 is 1.50 bits per heavy atom. The molecule has 0 atom stereocenters. The summed E-state index contributed by atoms with van der Waals surface area (Å²) < 4.78 is 0. The first-order chi connectivity index (χ1) is 5.70. The minimum absolute atomic E-state index is 0.625. The van der Waals surface area contributed by atoms with Gasteiger partial charge in [0.25, 0.3) is 0 Å². The average molecular weight is 166 g/mol. The third-order valence-electron chi connectivity index (χ3n) is 1.16. The van der Waals surface area contributed by atoms with Crippen LogP contribution >= 0.6 is 0 Å². The first kappa shape index (κ1) is 10.5. The van der Waals surface area contributed by atoms with Gasteiger partial charge in [-0.25, -0.2) is 0 Å². The van der Waals surface area contributed by atoms with Crippen molar-refractivity contribution in [1.29, 1.82) is 0 Å². The Morgan fingerprint density at radius 3 is 2.33 bits per heavy atom. The summed E-state index contributed by atoms with van der Waals surface area (Å²) in [5.41, 5.74) is 7.51. The van der Waals surface area contributed by atoms with E-state index in [9.17, 15) is 0 Å². The molecule has 1 aromatic carbocycles. The van der Waals surface area contributed by atoms with Crippen LogP contribution in [0.5, 0.6) is 0 Å². The minimum Gasteiger partial charge on any atom is -0.399 e. The van der Waals surface area contributed by atoms with E-state index in [1.807, 2.05) is 31.2 Å². The molecular formula is C9H14N2O. The van der Waals surface area contributed by atoms with E-state index >= 15 is 0 Å². The fourth-order valence-electron chi connectivity index (χ4n) is 0.670. The smallest absolute Gasteiger partial charge is 0.206 e. The lowest BCUT2D eigenvalue weighted by atomic mass is 10.2. The molecule has 3 nitrogen and oxygen atoms in total. The van der Waals surface area contributed by atoms with E-state index in [1.54, 1.807) is 7.05 Å². The van der Waals surface area contributed by atoms with Crippen LogP contribution in [-0.4, -0.2) is 13.5 Å². The first-order valence-electron chi connectivity index (χ1n) is 3.63. The molecule has 0 spiro atoms. The van der Waals surface area contributed by atoms with Gasteiger partial charge in [0, 0.05) is 12.7 Å². The molecule has 66 valence electrons. The topological polar surface area (TPSA) is 55.1 Å². The number of rotatable bonds is 1. The van der Waals surface area contributed by atoms with Crippen LogP contribution in [-0.2, 0) is 4.79 Å².